The summed E-state index contributed by atoms with van der Waals surface area (Å²) in [5, 5.41) is 4.10. The summed E-state index contributed by atoms with van der Waals surface area (Å²) in [7, 11) is 0. The van der Waals surface area contributed by atoms with E-state index in [9.17, 15) is 27.6 Å². The quantitative estimate of drug-likeness (QED) is 0.744. The van der Waals surface area contributed by atoms with Crippen LogP contribution in [0.25, 0.3) is 0 Å². The second-order valence-corrected chi connectivity index (χ2v) is 5.64. The fraction of sp³-hybridized carbons (Fsp3) is 0.750. The average molecular weight is 309 g/mol. The van der Waals surface area contributed by atoms with Crippen LogP contribution >= 0.6 is 0 Å². The van der Waals surface area contributed by atoms with Crippen LogP contribution in [0.1, 0.15) is 27.2 Å². The Labute approximate surface area is 120 Å². The Balaban J connectivity index is 2.66. The van der Waals surface area contributed by atoms with E-state index in [-0.39, 0.29) is 5.92 Å². The molecule has 1 atom stereocenters. The highest BCUT2D eigenvalue weighted by molar-refractivity contribution is 6.08. The van der Waals surface area contributed by atoms with Gasteiger partial charge in [-0.1, -0.05) is 13.8 Å². The number of imide groups is 1. The van der Waals surface area contributed by atoms with Crippen molar-refractivity contribution < 1.29 is 27.6 Å². The number of amides is 4. The first-order chi connectivity index (χ1) is 9.44. The van der Waals surface area contributed by atoms with Crippen molar-refractivity contribution in [1.82, 2.24) is 15.5 Å². The lowest BCUT2D eigenvalue weighted by molar-refractivity contribution is -0.141. The van der Waals surface area contributed by atoms with E-state index in [1.54, 1.807) is 5.32 Å². The molecule has 9 heteroatoms. The summed E-state index contributed by atoms with van der Waals surface area (Å²) in [5.41, 5.74) is -1.13. The highest BCUT2D eigenvalue weighted by atomic mass is 19.4. The van der Waals surface area contributed by atoms with Crippen molar-refractivity contribution in [3.05, 3.63) is 0 Å². The van der Waals surface area contributed by atoms with Gasteiger partial charge in [-0.3, -0.25) is 14.5 Å². The number of halogens is 3. The molecule has 21 heavy (non-hydrogen) atoms. The van der Waals surface area contributed by atoms with E-state index in [0.29, 0.717) is 11.3 Å². The largest absolute Gasteiger partial charge is 0.405 e. The SMILES string of the molecule is CC(C)CC1(C)NC(=O)N(CC(=O)NCC(F)(F)F)C1=O. The third-order valence-corrected chi connectivity index (χ3v) is 2.95. The van der Waals surface area contributed by atoms with Crippen LogP contribution in [0.4, 0.5) is 18.0 Å². The first kappa shape index (κ1) is 17.3. The fourth-order valence-corrected chi connectivity index (χ4v) is 2.24. The molecule has 0 bridgehead atoms. The second kappa shape index (κ2) is 5.90. The zero-order chi connectivity index (χ0) is 16.4. The van der Waals surface area contributed by atoms with E-state index in [4.69, 9.17) is 0 Å². The smallest absolute Gasteiger partial charge is 0.345 e. The Morgan fingerprint density at radius 2 is 1.95 bits per heavy atom. The van der Waals surface area contributed by atoms with Crippen LogP contribution in [-0.2, 0) is 9.59 Å². The first-order valence-electron chi connectivity index (χ1n) is 6.42. The number of nitrogens with zero attached hydrogens (tertiary/aromatic N) is 1. The van der Waals surface area contributed by atoms with Gasteiger partial charge in [0.15, 0.2) is 0 Å². The van der Waals surface area contributed by atoms with Gasteiger partial charge in [0.05, 0.1) is 0 Å². The van der Waals surface area contributed by atoms with Crippen LogP contribution in [0.5, 0.6) is 0 Å². The van der Waals surface area contributed by atoms with E-state index < -0.39 is 42.7 Å². The summed E-state index contributed by atoms with van der Waals surface area (Å²) in [5.74, 6) is -1.52. The van der Waals surface area contributed by atoms with Crippen molar-refractivity contribution in [2.45, 2.75) is 38.9 Å². The molecule has 1 fully saturated rings. The molecular weight excluding hydrogens is 291 g/mol. The van der Waals surface area contributed by atoms with Crippen LogP contribution in [0.2, 0.25) is 0 Å². The second-order valence-electron chi connectivity index (χ2n) is 5.64. The third kappa shape index (κ3) is 4.61. The molecular formula is C12H18F3N3O3. The number of carbonyl (C=O) groups is 3. The Kier molecular flexibility index (Phi) is 4.85. The van der Waals surface area contributed by atoms with Crippen molar-refractivity contribution >= 4 is 17.8 Å². The van der Waals surface area contributed by atoms with E-state index in [0.717, 1.165) is 0 Å². The summed E-state index contributed by atoms with van der Waals surface area (Å²) in [6.45, 7) is 3.03. The van der Waals surface area contributed by atoms with Gasteiger partial charge in [0.1, 0.15) is 18.6 Å². The molecule has 1 aliphatic rings. The van der Waals surface area contributed by atoms with Gasteiger partial charge in [-0.25, -0.2) is 4.79 Å². The predicted molar refractivity (Wildman–Crippen MR) is 67.2 cm³/mol. The molecule has 1 aliphatic heterocycles. The fourth-order valence-electron chi connectivity index (χ4n) is 2.24. The molecule has 1 heterocycles. The molecule has 1 unspecified atom stereocenters. The molecule has 120 valence electrons. The topological polar surface area (TPSA) is 78.5 Å². The first-order valence-corrected chi connectivity index (χ1v) is 6.42. The number of carbonyl (C=O) groups excluding carboxylic acids is 3. The Bertz CT molecular complexity index is 451. The van der Waals surface area contributed by atoms with Gasteiger partial charge in [0.2, 0.25) is 5.91 Å². The van der Waals surface area contributed by atoms with Crippen molar-refractivity contribution in [3.63, 3.8) is 0 Å². The normalized spacial score (nSPS) is 22.7. The van der Waals surface area contributed by atoms with Gasteiger partial charge in [-0.05, 0) is 19.3 Å². The molecule has 0 saturated carbocycles. The third-order valence-electron chi connectivity index (χ3n) is 2.95. The van der Waals surface area contributed by atoms with Gasteiger partial charge in [0, 0.05) is 0 Å². The highest BCUT2D eigenvalue weighted by Gasteiger charge is 2.48. The monoisotopic (exact) mass is 309 g/mol. The van der Waals surface area contributed by atoms with Gasteiger partial charge < -0.3 is 10.6 Å². The average Bonchev–Trinajstić information content (AvgIpc) is 2.48. The number of hydrogen-bond donors (Lipinski definition) is 2. The minimum atomic E-state index is -4.54. The van der Waals surface area contributed by atoms with E-state index >= 15 is 0 Å². The Morgan fingerprint density at radius 3 is 2.43 bits per heavy atom. The summed E-state index contributed by atoms with van der Waals surface area (Å²) < 4.78 is 35.9. The zero-order valence-electron chi connectivity index (χ0n) is 12.0. The molecule has 0 spiro atoms. The number of hydrogen-bond acceptors (Lipinski definition) is 3. The van der Waals surface area contributed by atoms with Crippen LogP contribution < -0.4 is 10.6 Å². The minimum absolute atomic E-state index is 0.123. The number of alkyl halides is 3. The van der Waals surface area contributed by atoms with Gasteiger partial charge in [0.25, 0.3) is 5.91 Å². The van der Waals surface area contributed by atoms with E-state index in [2.05, 4.69) is 5.32 Å². The van der Waals surface area contributed by atoms with E-state index in [1.165, 1.54) is 6.92 Å². The predicted octanol–water partition coefficient (Wildman–Crippen LogP) is 1.02. The molecule has 0 aromatic rings. The number of nitrogens with one attached hydrogen (secondary N) is 2. The summed E-state index contributed by atoms with van der Waals surface area (Å²) in [6, 6.07) is -0.773. The van der Waals surface area contributed by atoms with Gasteiger partial charge in [-0.2, -0.15) is 13.2 Å². The summed E-state index contributed by atoms with van der Waals surface area (Å²) in [4.78, 5) is 35.9. The van der Waals surface area contributed by atoms with Crippen LogP contribution in [-0.4, -0.2) is 47.6 Å². The van der Waals surface area contributed by atoms with E-state index in [1.807, 2.05) is 13.8 Å². The molecule has 1 rings (SSSR count). The van der Waals surface area contributed by atoms with Gasteiger partial charge >= 0.3 is 12.2 Å². The van der Waals surface area contributed by atoms with Crippen LogP contribution in [0, 0.1) is 5.92 Å². The lowest BCUT2D eigenvalue weighted by atomic mass is 9.91. The number of rotatable bonds is 5. The highest BCUT2D eigenvalue weighted by Crippen LogP contribution is 2.24. The van der Waals surface area contributed by atoms with Crippen LogP contribution in [0.15, 0.2) is 0 Å². The van der Waals surface area contributed by atoms with Crippen molar-refractivity contribution in [3.8, 4) is 0 Å². The molecule has 0 aromatic heterocycles. The molecule has 1 saturated heterocycles. The molecule has 4 amide bonds. The zero-order valence-corrected chi connectivity index (χ0v) is 12.0. The maximum atomic E-state index is 12.2. The number of urea groups is 1. The molecule has 0 aliphatic carbocycles. The maximum Gasteiger partial charge on any atom is 0.405 e. The van der Waals surface area contributed by atoms with Crippen molar-refractivity contribution in [1.29, 1.82) is 0 Å². The minimum Gasteiger partial charge on any atom is -0.345 e. The standard InChI is InChI=1S/C12H18F3N3O3/c1-7(2)4-11(3)9(20)18(10(21)17-11)5-8(19)16-6-12(13,14)15/h7H,4-6H2,1-3H3,(H,16,19)(H,17,21). The maximum absolute atomic E-state index is 12.2. The lowest BCUT2D eigenvalue weighted by Crippen LogP contribution is -2.46. The summed E-state index contributed by atoms with van der Waals surface area (Å²) in [6.07, 6.45) is -4.17. The van der Waals surface area contributed by atoms with Crippen molar-refractivity contribution in [2.75, 3.05) is 13.1 Å². The molecule has 6 nitrogen and oxygen atoms in total. The van der Waals surface area contributed by atoms with Crippen molar-refractivity contribution in [2.24, 2.45) is 5.92 Å². The van der Waals surface area contributed by atoms with Crippen LogP contribution in [0.3, 0.4) is 0 Å². The van der Waals surface area contributed by atoms with Gasteiger partial charge in [-0.15, -0.1) is 0 Å². The Morgan fingerprint density at radius 1 is 1.38 bits per heavy atom. The lowest BCUT2D eigenvalue weighted by Gasteiger charge is -2.23. The Hall–Kier alpha value is -1.80. The molecule has 2 N–H and O–H groups in total. The molecule has 0 aromatic carbocycles. The summed E-state index contributed by atoms with van der Waals surface area (Å²) >= 11 is 0. The molecule has 0 radical (unpaired) electrons.